The summed E-state index contributed by atoms with van der Waals surface area (Å²) in [6.07, 6.45) is 2.82. The Kier molecular flexibility index (Phi) is 6.80. The minimum absolute atomic E-state index is 0.102. The Morgan fingerprint density at radius 3 is 2.65 bits per heavy atom. The van der Waals surface area contributed by atoms with Crippen molar-refractivity contribution in [1.29, 1.82) is 0 Å². The average Bonchev–Trinajstić information content (AvgIpc) is 2.68. The van der Waals surface area contributed by atoms with Crippen LogP contribution in [0.25, 0.3) is 0 Å². The number of piperidine rings is 1. The lowest BCUT2D eigenvalue weighted by molar-refractivity contribution is -0.137. The predicted molar refractivity (Wildman–Crippen MR) is 99.5 cm³/mol. The van der Waals surface area contributed by atoms with Gasteiger partial charge in [-0.25, -0.2) is 9.97 Å². The third kappa shape index (κ3) is 4.92. The van der Waals surface area contributed by atoms with E-state index in [2.05, 4.69) is 20.9 Å². The number of hydrogen-bond acceptors (Lipinski definition) is 6. The Balaban J connectivity index is 1.58. The second kappa shape index (κ2) is 9.28. The molecular weight excluding hydrogens is 332 g/mol. The lowest BCUT2D eigenvalue weighted by atomic mass is 9.93. The molecular formula is C19H30N4O3. The van der Waals surface area contributed by atoms with Crippen LogP contribution in [0, 0.1) is 6.92 Å². The van der Waals surface area contributed by atoms with E-state index in [1.165, 1.54) is 0 Å². The van der Waals surface area contributed by atoms with Crippen LogP contribution in [0.1, 0.15) is 43.6 Å². The number of carbonyl (C=O) groups is 1. The molecule has 7 heteroatoms. The van der Waals surface area contributed by atoms with Crippen LogP contribution in [0.2, 0.25) is 0 Å². The summed E-state index contributed by atoms with van der Waals surface area (Å²) >= 11 is 0. The fourth-order valence-corrected chi connectivity index (χ4v) is 3.56. The van der Waals surface area contributed by atoms with Gasteiger partial charge >= 0.3 is 0 Å². The van der Waals surface area contributed by atoms with E-state index >= 15 is 0 Å². The highest BCUT2D eigenvalue weighted by molar-refractivity contribution is 5.77. The van der Waals surface area contributed by atoms with Crippen molar-refractivity contribution in [3.05, 3.63) is 17.6 Å². The summed E-state index contributed by atoms with van der Waals surface area (Å²) in [7, 11) is 0. The lowest BCUT2D eigenvalue weighted by Crippen LogP contribution is -2.40. The fraction of sp³-hybridized carbons (Fsp3) is 0.737. The van der Waals surface area contributed by atoms with E-state index in [1.54, 1.807) is 0 Å². The molecule has 0 aliphatic carbocycles. The fourth-order valence-electron chi connectivity index (χ4n) is 3.56. The first kappa shape index (κ1) is 19.0. The molecule has 3 heterocycles. The van der Waals surface area contributed by atoms with Gasteiger partial charge in [-0.1, -0.05) is 6.92 Å². The zero-order valence-corrected chi connectivity index (χ0v) is 15.9. The second-order valence-electron chi connectivity index (χ2n) is 7.01. The lowest BCUT2D eigenvalue weighted by Gasteiger charge is -2.33. The largest absolute Gasteiger partial charge is 0.378 e. The van der Waals surface area contributed by atoms with Crippen molar-refractivity contribution in [3.63, 3.8) is 0 Å². The molecule has 0 unspecified atom stereocenters. The topological polar surface area (TPSA) is 67.8 Å². The summed E-state index contributed by atoms with van der Waals surface area (Å²) in [6, 6.07) is 2.13. The van der Waals surface area contributed by atoms with Crippen LogP contribution >= 0.6 is 0 Å². The summed E-state index contributed by atoms with van der Waals surface area (Å²) in [5, 5.41) is 0. The van der Waals surface area contributed by atoms with Crippen LogP contribution < -0.4 is 4.90 Å². The number of hydrogen-bond donors (Lipinski definition) is 0. The summed E-state index contributed by atoms with van der Waals surface area (Å²) < 4.78 is 10.8. The molecule has 2 fully saturated rings. The number of likely N-dealkylation sites (tertiary alicyclic amines) is 1. The number of amides is 1. The molecule has 2 aliphatic heterocycles. The quantitative estimate of drug-likeness (QED) is 0.718. The van der Waals surface area contributed by atoms with Gasteiger partial charge in [-0.15, -0.1) is 0 Å². The number of morpholine rings is 1. The number of carbonyl (C=O) groups excluding carboxylic acids is 1. The predicted octanol–water partition coefficient (Wildman–Crippen LogP) is 1.75. The minimum Gasteiger partial charge on any atom is -0.378 e. The van der Waals surface area contributed by atoms with E-state index in [0.717, 1.165) is 76.0 Å². The highest BCUT2D eigenvalue weighted by atomic mass is 16.5. The normalized spacial score (nSPS) is 19.0. The number of ether oxygens (including phenoxy) is 2. The average molecular weight is 362 g/mol. The van der Waals surface area contributed by atoms with E-state index in [0.29, 0.717) is 12.5 Å². The summed E-state index contributed by atoms with van der Waals surface area (Å²) in [6.45, 7) is 9.64. The van der Waals surface area contributed by atoms with Gasteiger partial charge < -0.3 is 19.3 Å². The zero-order valence-electron chi connectivity index (χ0n) is 15.9. The van der Waals surface area contributed by atoms with Crippen LogP contribution in [0.15, 0.2) is 6.07 Å². The molecule has 3 rings (SSSR count). The maximum atomic E-state index is 12.2. The highest BCUT2D eigenvalue weighted by Crippen LogP contribution is 2.29. The summed E-state index contributed by atoms with van der Waals surface area (Å²) in [4.78, 5) is 25.7. The number of rotatable bonds is 6. The maximum absolute atomic E-state index is 12.2. The van der Waals surface area contributed by atoms with E-state index in [-0.39, 0.29) is 12.5 Å². The molecule has 26 heavy (non-hydrogen) atoms. The Hall–Kier alpha value is -1.73. The van der Waals surface area contributed by atoms with Gasteiger partial charge in [0.25, 0.3) is 0 Å². The molecule has 1 amide bonds. The van der Waals surface area contributed by atoms with E-state index < -0.39 is 0 Å². The molecule has 2 saturated heterocycles. The van der Waals surface area contributed by atoms with Gasteiger partial charge in [0.1, 0.15) is 18.2 Å². The highest BCUT2D eigenvalue weighted by Gasteiger charge is 2.26. The van der Waals surface area contributed by atoms with Gasteiger partial charge in [-0.2, -0.15) is 0 Å². The van der Waals surface area contributed by atoms with Gasteiger partial charge in [-0.05, 0) is 26.2 Å². The molecule has 144 valence electrons. The first-order valence-corrected chi connectivity index (χ1v) is 9.71. The molecule has 1 aromatic heterocycles. The Bertz CT molecular complexity index is 596. The minimum atomic E-state index is 0.102. The smallest absolute Gasteiger partial charge is 0.248 e. The Morgan fingerprint density at radius 1 is 1.23 bits per heavy atom. The molecule has 7 nitrogen and oxygen atoms in total. The van der Waals surface area contributed by atoms with Crippen molar-refractivity contribution in [2.75, 3.05) is 57.5 Å². The van der Waals surface area contributed by atoms with Crippen LogP contribution in [-0.4, -0.2) is 73.4 Å². The van der Waals surface area contributed by atoms with E-state index in [1.807, 2.05) is 18.7 Å². The van der Waals surface area contributed by atoms with Gasteiger partial charge in [0.05, 0.1) is 13.2 Å². The van der Waals surface area contributed by atoms with E-state index in [4.69, 9.17) is 9.47 Å². The van der Waals surface area contributed by atoms with Crippen molar-refractivity contribution in [2.45, 2.75) is 39.0 Å². The first-order valence-electron chi connectivity index (χ1n) is 9.71. The molecule has 0 saturated carbocycles. The molecule has 0 N–H and O–H groups in total. The van der Waals surface area contributed by atoms with Crippen LogP contribution in [0.5, 0.6) is 0 Å². The Labute approximate surface area is 155 Å². The first-order chi connectivity index (χ1) is 12.7. The van der Waals surface area contributed by atoms with Crippen molar-refractivity contribution in [3.8, 4) is 0 Å². The number of nitrogens with zero attached hydrogens (tertiary/aromatic N) is 4. The maximum Gasteiger partial charge on any atom is 0.248 e. The zero-order chi connectivity index (χ0) is 18.4. The molecule has 2 aliphatic rings. The van der Waals surface area contributed by atoms with Gasteiger partial charge in [0, 0.05) is 50.5 Å². The third-order valence-corrected chi connectivity index (χ3v) is 5.02. The Morgan fingerprint density at radius 2 is 1.96 bits per heavy atom. The summed E-state index contributed by atoms with van der Waals surface area (Å²) in [5.74, 6) is 2.31. The molecule has 0 aromatic carbocycles. The van der Waals surface area contributed by atoms with Crippen molar-refractivity contribution < 1.29 is 14.3 Å². The SMILES string of the molecule is CCCOCC(=O)N1CCC(c2cc(N3CCOCC3)nc(C)n2)CC1. The van der Waals surface area contributed by atoms with E-state index in [9.17, 15) is 4.79 Å². The number of aromatic nitrogens is 2. The molecule has 0 spiro atoms. The monoisotopic (exact) mass is 362 g/mol. The summed E-state index contributed by atoms with van der Waals surface area (Å²) in [5.41, 5.74) is 1.10. The van der Waals surface area contributed by atoms with Gasteiger partial charge in [0.15, 0.2) is 0 Å². The van der Waals surface area contributed by atoms with Crippen LogP contribution in [0.3, 0.4) is 0 Å². The number of anilines is 1. The molecule has 0 bridgehead atoms. The number of aryl methyl sites for hydroxylation is 1. The molecule has 0 radical (unpaired) electrons. The standard InChI is InChI=1S/C19H30N4O3/c1-3-10-26-14-19(24)23-6-4-16(5-7-23)17-13-18(21-15(2)20-17)22-8-11-25-12-9-22/h13,16H,3-12,14H2,1-2H3. The van der Waals surface area contributed by atoms with Crippen LogP contribution in [-0.2, 0) is 14.3 Å². The van der Waals surface area contributed by atoms with Crippen molar-refractivity contribution in [1.82, 2.24) is 14.9 Å². The molecule has 0 atom stereocenters. The third-order valence-electron chi connectivity index (χ3n) is 5.02. The molecule has 1 aromatic rings. The van der Waals surface area contributed by atoms with Gasteiger partial charge in [-0.3, -0.25) is 4.79 Å². The van der Waals surface area contributed by atoms with Gasteiger partial charge in [0.2, 0.25) is 5.91 Å². The van der Waals surface area contributed by atoms with Crippen molar-refractivity contribution in [2.24, 2.45) is 0 Å². The van der Waals surface area contributed by atoms with Crippen LogP contribution in [0.4, 0.5) is 5.82 Å². The van der Waals surface area contributed by atoms with Crippen molar-refractivity contribution >= 4 is 11.7 Å². The second-order valence-corrected chi connectivity index (χ2v) is 7.01.